The maximum atomic E-state index is 5.77. The number of rotatable bonds is 2. The fraction of sp³-hybridized carbons (Fsp3) is 0.111. The van der Waals surface area contributed by atoms with Crippen LogP contribution in [0.25, 0.3) is 0 Å². The third kappa shape index (κ3) is 1.70. The first-order valence-electron chi connectivity index (χ1n) is 4.14. The molecule has 0 spiro atoms. The maximum Gasteiger partial charge on any atom is 0.141 e. The first-order valence-corrected chi connectivity index (χ1v) is 4.52. The fourth-order valence-corrected chi connectivity index (χ4v) is 1.28. The zero-order valence-electron chi connectivity index (χ0n) is 7.39. The van der Waals surface area contributed by atoms with Gasteiger partial charge in [0.2, 0.25) is 0 Å². The summed E-state index contributed by atoms with van der Waals surface area (Å²) < 4.78 is 1.62. The van der Waals surface area contributed by atoms with Gasteiger partial charge in [0.05, 0.1) is 18.4 Å². The van der Waals surface area contributed by atoms with E-state index in [9.17, 15) is 0 Å². The van der Waals surface area contributed by atoms with E-state index in [1.54, 1.807) is 10.9 Å². The molecule has 0 amide bonds. The summed E-state index contributed by atoms with van der Waals surface area (Å²) in [5.74, 6) is 0.470. The van der Waals surface area contributed by atoms with Crippen LogP contribution in [0.15, 0.2) is 30.6 Å². The number of hydrogen-bond donors (Lipinski definition) is 1. The van der Waals surface area contributed by atoms with Crippen molar-refractivity contribution < 1.29 is 0 Å². The van der Waals surface area contributed by atoms with E-state index >= 15 is 0 Å². The molecular weight excluding hydrogens is 200 g/mol. The van der Waals surface area contributed by atoms with Gasteiger partial charge in [-0.3, -0.25) is 4.98 Å². The lowest BCUT2D eigenvalue weighted by molar-refractivity contribution is 0.682. The second kappa shape index (κ2) is 3.67. The van der Waals surface area contributed by atoms with E-state index in [-0.39, 0.29) is 0 Å². The van der Waals surface area contributed by atoms with Crippen molar-refractivity contribution in [3.63, 3.8) is 0 Å². The number of pyridine rings is 1. The Kier molecular flexibility index (Phi) is 2.37. The minimum Gasteiger partial charge on any atom is -0.383 e. The number of nitrogen functional groups attached to an aromatic ring is 1. The van der Waals surface area contributed by atoms with E-state index < -0.39 is 0 Å². The Morgan fingerprint density at radius 1 is 1.43 bits per heavy atom. The lowest BCUT2D eigenvalue weighted by Crippen LogP contribution is -2.06. The number of nitrogens with zero attached hydrogens (tertiary/aromatic N) is 3. The lowest BCUT2D eigenvalue weighted by atomic mass is 10.3. The standard InChI is InChI=1S/C9H9ClN4/c10-8-5-13-14(9(8)11)6-7-3-1-2-4-12-7/h1-5H,6,11H2. The van der Waals surface area contributed by atoms with E-state index in [4.69, 9.17) is 17.3 Å². The summed E-state index contributed by atoms with van der Waals surface area (Å²) in [6, 6.07) is 5.70. The number of aromatic nitrogens is 3. The Bertz CT molecular complexity index is 424. The molecule has 0 fully saturated rings. The predicted octanol–water partition coefficient (Wildman–Crippen LogP) is 1.56. The van der Waals surface area contributed by atoms with Crippen molar-refractivity contribution in [3.05, 3.63) is 41.3 Å². The van der Waals surface area contributed by atoms with Crippen LogP contribution in [0, 0.1) is 0 Å². The first kappa shape index (κ1) is 9.02. The van der Waals surface area contributed by atoms with Crippen molar-refractivity contribution in [3.8, 4) is 0 Å². The van der Waals surface area contributed by atoms with Crippen LogP contribution in [-0.4, -0.2) is 14.8 Å². The molecule has 0 bridgehead atoms. The maximum absolute atomic E-state index is 5.77. The van der Waals surface area contributed by atoms with E-state index in [1.807, 2.05) is 18.2 Å². The highest BCUT2D eigenvalue weighted by molar-refractivity contribution is 6.32. The number of nitrogens with two attached hydrogens (primary N) is 1. The second-order valence-electron chi connectivity index (χ2n) is 2.86. The van der Waals surface area contributed by atoms with Crippen LogP contribution in [0.2, 0.25) is 5.02 Å². The molecule has 2 N–H and O–H groups in total. The van der Waals surface area contributed by atoms with Crippen LogP contribution in [0.3, 0.4) is 0 Å². The van der Waals surface area contributed by atoms with Gasteiger partial charge in [-0.1, -0.05) is 17.7 Å². The average Bonchev–Trinajstić information content (AvgIpc) is 2.52. The summed E-state index contributed by atoms with van der Waals surface area (Å²) in [6.07, 6.45) is 3.26. The normalized spacial score (nSPS) is 10.4. The topological polar surface area (TPSA) is 56.7 Å². The molecule has 0 aliphatic carbocycles. The van der Waals surface area contributed by atoms with Crippen molar-refractivity contribution in [2.45, 2.75) is 6.54 Å². The van der Waals surface area contributed by atoms with Gasteiger partial charge in [0.25, 0.3) is 0 Å². The van der Waals surface area contributed by atoms with Gasteiger partial charge in [-0.15, -0.1) is 0 Å². The van der Waals surface area contributed by atoms with Gasteiger partial charge >= 0.3 is 0 Å². The molecule has 0 aliphatic rings. The highest BCUT2D eigenvalue weighted by Crippen LogP contribution is 2.17. The van der Waals surface area contributed by atoms with Gasteiger partial charge in [0, 0.05) is 6.20 Å². The van der Waals surface area contributed by atoms with Gasteiger partial charge < -0.3 is 5.73 Å². The van der Waals surface area contributed by atoms with E-state index in [0.29, 0.717) is 17.4 Å². The quantitative estimate of drug-likeness (QED) is 0.815. The van der Waals surface area contributed by atoms with Crippen LogP contribution >= 0.6 is 11.6 Å². The van der Waals surface area contributed by atoms with Crippen molar-refractivity contribution in [1.82, 2.24) is 14.8 Å². The molecule has 0 atom stereocenters. The van der Waals surface area contributed by atoms with Gasteiger partial charge in [-0.05, 0) is 12.1 Å². The van der Waals surface area contributed by atoms with Crippen LogP contribution in [-0.2, 0) is 6.54 Å². The van der Waals surface area contributed by atoms with E-state index in [1.165, 1.54) is 6.20 Å². The zero-order chi connectivity index (χ0) is 9.97. The van der Waals surface area contributed by atoms with Crippen molar-refractivity contribution in [2.24, 2.45) is 0 Å². The molecule has 2 aromatic heterocycles. The Labute approximate surface area is 86.3 Å². The summed E-state index contributed by atoms with van der Waals surface area (Å²) in [7, 11) is 0. The van der Waals surface area contributed by atoms with E-state index in [2.05, 4.69) is 10.1 Å². The summed E-state index contributed by atoms with van der Waals surface area (Å²) in [4.78, 5) is 4.16. The predicted molar refractivity (Wildman–Crippen MR) is 55.0 cm³/mol. The minimum absolute atomic E-state index is 0.470. The molecule has 2 aromatic rings. The molecule has 0 radical (unpaired) electrons. The number of hydrogen-bond acceptors (Lipinski definition) is 3. The van der Waals surface area contributed by atoms with Crippen LogP contribution < -0.4 is 5.73 Å². The molecule has 2 heterocycles. The smallest absolute Gasteiger partial charge is 0.141 e. The van der Waals surface area contributed by atoms with Crippen LogP contribution in [0.5, 0.6) is 0 Å². The van der Waals surface area contributed by atoms with E-state index in [0.717, 1.165) is 5.69 Å². The third-order valence-electron chi connectivity index (χ3n) is 1.87. The lowest BCUT2D eigenvalue weighted by Gasteiger charge is -2.02. The summed E-state index contributed by atoms with van der Waals surface area (Å²) in [5.41, 5.74) is 6.59. The van der Waals surface area contributed by atoms with Gasteiger partial charge in [0.1, 0.15) is 10.8 Å². The molecule has 0 saturated heterocycles. The molecule has 4 nitrogen and oxygen atoms in total. The van der Waals surface area contributed by atoms with Crippen LogP contribution in [0.4, 0.5) is 5.82 Å². The summed E-state index contributed by atoms with van der Waals surface area (Å²) >= 11 is 5.77. The molecule has 2 rings (SSSR count). The Hall–Kier alpha value is -1.55. The third-order valence-corrected chi connectivity index (χ3v) is 2.16. The van der Waals surface area contributed by atoms with Crippen LogP contribution in [0.1, 0.15) is 5.69 Å². The molecule has 0 unspecified atom stereocenters. The molecule has 0 aromatic carbocycles. The second-order valence-corrected chi connectivity index (χ2v) is 3.26. The summed E-state index contributed by atoms with van der Waals surface area (Å²) in [5, 5.41) is 4.50. The highest BCUT2D eigenvalue weighted by Gasteiger charge is 2.05. The number of anilines is 1. The van der Waals surface area contributed by atoms with Crippen molar-refractivity contribution in [2.75, 3.05) is 5.73 Å². The molecule has 5 heteroatoms. The molecule has 72 valence electrons. The number of halogens is 1. The van der Waals surface area contributed by atoms with Crippen molar-refractivity contribution >= 4 is 17.4 Å². The zero-order valence-corrected chi connectivity index (χ0v) is 8.15. The SMILES string of the molecule is Nc1c(Cl)cnn1Cc1ccccn1. The van der Waals surface area contributed by atoms with Crippen molar-refractivity contribution in [1.29, 1.82) is 0 Å². The summed E-state index contributed by atoms with van der Waals surface area (Å²) in [6.45, 7) is 0.541. The Balaban J connectivity index is 2.23. The molecule has 0 saturated carbocycles. The van der Waals surface area contributed by atoms with Gasteiger partial charge in [0.15, 0.2) is 0 Å². The van der Waals surface area contributed by atoms with Gasteiger partial charge in [-0.2, -0.15) is 5.10 Å². The fourth-order valence-electron chi connectivity index (χ4n) is 1.14. The first-order chi connectivity index (χ1) is 6.77. The molecular formula is C9H9ClN4. The molecule has 0 aliphatic heterocycles. The monoisotopic (exact) mass is 208 g/mol. The Morgan fingerprint density at radius 3 is 2.86 bits per heavy atom. The van der Waals surface area contributed by atoms with Gasteiger partial charge in [-0.25, -0.2) is 4.68 Å². The largest absolute Gasteiger partial charge is 0.383 e. The highest BCUT2D eigenvalue weighted by atomic mass is 35.5. The average molecular weight is 209 g/mol. The Morgan fingerprint density at radius 2 is 2.29 bits per heavy atom. The molecule has 14 heavy (non-hydrogen) atoms. The minimum atomic E-state index is 0.470.